The lowest BCUT2D eigenvalue weighted by molar-refractivity contribution is -0.115. The lowest BCUT2D eigenvalue weighted by Crippen LogP contribution is -2.15. The smallest absolute Gasteiger partial charge is 0.229 e. The van der Waals surface area contributed by atoms with E-state index in [-0.39, 0.29) is 12.2 Å². The molecule has 7 nitrogen and oxygen atoms in total. The van der Waals surface area contributed by atoms with E-state index in [1.807, 2.05) is 37.3 Å². The van der Waals surface area contributed by atoms with Crippen molar-refractivity contribution in [2.75, 3.05) is 24.7 Å². The Labute approximate surface area is 190 Å². The number of hydrogen-bond donors (Lipinski definition) is 2. The zero-order valence-electron chi connectivity index (χ0n) is 18.1. The highest BCUT2D eigenvalue weighted by atomic mass is 19.2. The summed E-state index contributed by atoms with van der Waals surface area (Å²) in [6.07, 6.45) is 7.70. The van der Waals surface area contributed by atoms with Gasteiger partial charge >= 0.3 is 0 Å². The number of nitrogens with zero attached hydrogens (tertiary/aromatic N) is 4. The Hall–Kier alpha value is -4.36. The van der Waals surface area contributed by atoms with E-state index in [0.717, 1.165) is 34.7 Å². The third-order valence-electron chi connectivity index (χ3n) is 4.29. The van der Waals surface area contributed by atoms with Gasteiger partial charge in [0, 0.05) is 50.4 Å². The molecule has 0 bridgehead atoms. The average Bonchev–Trinajstić information content (AvgIpc) is 2.77. The van der Waals surface area contributed by atoms with Gasteiger partial charge in [-0.25, -0.2) is 23.7 Å². The molecule has 9 heteroatoms. The fraction of sp³-hybridized carbons (Fsp3) is 0.125. The molecule has 2 N–H and O–H groups in total. The number of pyridine rings is 1. The maximum absolute atomic E-state index is 13.2. The highest BCUT2D eigenvalue weighted by Gasteiger charge is 2.09. The van der Waals surface area contributed by atoms with E-state index in [0.29, 0.717) is 5.95 Å². The largest absolute Gasteiger partial charge is 0.382 e. The molecule has 0 saturated heterocycles. The number of aromatic nitrogens is 3. The minimum atomic E-state index is -1.07. The van der Waals surface area contributed by atoms with Crippen molar-refractivity contribution in [1.29, 1.82) is 0 Å². The van der Waals surface area contributed by atoms with Crippen LogP contribution >= 0.6 is 0 Å². The third-order valence-corrected chi connectivity index (χ3v) is 4.29. The summed E-state index contributed by atoms with van der Waals surface area (Å²) >= 11 is 0. The fourth-order valence-corrected chi connectivity index (χ4v) is 2.83. The number of hydrogen-bond acceptors (Lipinski definition) is 6. The summed E-state index contributed by atoms with van der Waals surface area (Å²) in [5.41, 5.74) is 5.88. The number of carbonyl (C=O) groups is 1. The van der Waals surface area contributed by atoms with Gasteiger partial charge in [-0.3, -0.25) is 4.79 Å². The number of benzene rings is 1. The minimum Gasteiger partial charge on any atom is -0.382 e. The van der Waals surface area contributed by atoms with Crippen LogP contribution < -0.4 is 10.6 Å². The molecular formula is C24H22F2N6O. The molecule has 168 valence electrons. The van der Waals surface area contributed by atoms with E-state index in [4.69, 9.17) is 0 Å². The lowest BCUT2D eigenvalue weighted by Gasteiger charge is -2.10. The highest BCUT2D eigenvalue weighted by molar-refractivity contribution is 5.91. The fourth-order valence-electron chi connectivity index (χ4n) is 2.83. The van der Waals surface area contributed by atoms with Crippen molar-refractivity contribution in [3.63, 3.8) is 0 Å². The van der Waals surface area contributed by atoms with Crippen LogP contribution in [-0.4, -0.2) is 39.9 Å². The van der Waals surface area contributed by atoms with Gasteiger partial charge in [0.05, 0.1) is 18.3 Å². The molecule has 33 heavy (non-hydrogen) atoms. The summed E-state index contributed by atoms with van der Waals surface area (Å²) < 4.78 is 26.2. The van der Waals surface area contributed by atoms with Crippen molar-refractivity contribution in [1.82, 2.24) is 19.9 Å². The zero-order chi connectivity index (χ0) is 23.8. The van der Waals surface area contributed by atoms with Gasteiger partial charge in [-0.05, 0) is 11.1 Å². The van der Waals surface area contributed by atoms with Crippen molar-refractivity contribution in [3.8, 4) is 11.1 Å². The summed E-state index contributed by atoms with van der Waals surface area (Å²) in [6.45, 7) is 3.58. The van der Waals surface area contributed by atoms with Crippen LogP contribution in [0, 0.1) is 11.6 Å². The number of rotatable bonds is 8. The van der Waals surface area contributed by atoms with Crippen LogP contribution in [0.5, 0.6) is 0 Å². The molecule has 3 aromatic rings. The monoisotopic (exact) mass is 448 g/mol. The van der Waals surface area contributed by atoms with E-state index in [1.54, 1.807) is 30.6 Å². The van der Waals surface area contributed by atoms with Gasteiger partial charge in [-0.15, -0.1) is 5.73 Å². The van der Waals surface area contributed by atoms with Crippen LogP contribution in [0.3, 0.4) is 0 Å². The minimum absolute atomic E-state index is 0.0477. The Bertz CT molecular complexity index is 1200. The third kappa shape index (κ3) is 6.81. The van der Waals surface area contributed by atoms with Gasteiger partial charge in [0.25, 0.3) is 0 Å². The maximum Gasteiger partial charge on any atom is 0.229 e. The Morgan fingerprint density at radius 1 is 1.03 bits per heavy atom. The van der Waals surface area contributed by atoms with Gasteiger partial charge in [0.15, 0.2) is 11.6 Å². The predicted octanol–water partition coefficient (Wildman–Crippen LogP) is 4.15. The van der Waals surface area contributed by atoms with Crippen LogP contribution in [0.25, 0.3) is 11.1 Å². The topological polar surface area (TPSA) is 83.0 Å². The molecule has 0 aliphatic carbocycles. The Morgan fingerprint density at radius 3 is 2.33 bits per heavy atom. The Kier molecular flexibility index (Phi) is 7.62. The number of allylic oxidation sites excluding steroid dienone is 1. The lowest BCUT2D eigenvalue weighted by atomic mass is 10.1. The summed E-state index contributed by atoms with van der Waals surface area (Å²) in [7, 11) is 3.80. The Balaban J connectivity index is 1.63. The Morgan fingerprint density at radius 2 is 1.73 bits per heavy atom. The number of anilines is 2. The zero-order valence-corrected chi connectivity index (χ0v) is 18.1. The van der Waals surface area contributed by atoms with Crippen LogP contribution in [0.15, 0.2) is 79.2 Å². The normalized spacial score (nSPS) is 10.8. The molecule has 0 spiro atoms. The number of halogens is 2. The quantitative estimate of drug-likeness (QED) is 0.398. The molecule has 0 aliphatic rings. The van der Waals surface area contributed by atoms with Gasteiger partial charge in [0.1, 0.15) is 5.82 Å². The van der Waals surface area contributed by atoms with E-state index in [1.165, 1.54) is 0 Å². The number of carbonyl (C=O) groups excluding carboxylic acids is 1. The summed E-state index contributed by atoms with van der Waals surface area (Å²) in [5, 5.41) is 5.54. The van der Waals surface area contributed by atoms with Crippen molar-refractivity contribution >= 4 is 17.7 Å². The second kappa shape index (κ2) is 10.8. The first-order valence-corrected chi connectivity index (χ1v) is 9.87. The van der Waals surface area contributed by atoms with Gasteiger partial charge in [-0.2, -0.15) is 0 Å². The van der Waals surface area contributed by atoms with E-state index in [2.05, 4.69) is 37.9 Å². The molecule has 0 saturated carbocycles. The van der Waals surface area contributed by atoms with Crippen LogP contribution in [0.2, 0.25) is 0 Å². The second-order valence-corrected chi connectivity index (χ2v) is 7.22. The standard InChI is InChI=1S/C24H22F2N6O/c1-4-5-19(15-32(2)3)30-24-28-12-18(13-29-24)17-8-6-16(7-9-17)10-23(33)31-22-11-20(25)21(26)14-27-22/h5-9,11-15H,1,10H2,2-3H3,(H,27,31,33)(H,28,29,30)/b19-15+. The molecule has 0 unspecified atom stereocenters. The summed E-state index contributed by atoms with van der Waals surface area (Å²) in [4.78, 5) is 26.4. The SMILES string of the molecule is C=C=C/C(=C\N(C)C)Nc1ncc(-c2ccc(CC(=O)Nc3cc(F)c(F)cn3)cc2)cn1. The number of amides is 1. The molecule has 1 amide bonds. The van der Waals surface area contributed by atoms with Crippen molar-refractivity contribution in [2.45, 2.75) is 6.42 Å². The van der Waals surface area contributed by atoms with Gasteiger partial charge in [0.2, 0.25) is 11.9 Å². The van der Waals surface area contributed by atoms with E-state index < -0.39 is 17.5 Å². The number of nitrogens with one attached hydrogen (secondary N) is 2. The van der Waals surface area contributed by atoms with E-state index >= 15 is 0 Å². The summed E-state index contributed by atoms with van der Waals surface area (Å²) in [6, 6.07) is 8.13. The molecule has 0 aliphatic heterocycles. The summed E-state index contributed by atoms with van der Waals surface area (Å²) in [5.74, 6) is -2.16. The maximum atomic E-state index is 13.2. The first-order valence-electron chi connectivity index (χ1n) is 9.87. The molecule has 2 aromatic heterocycles. The van der Waals surface area contributed by atoms with E-state index in [9.17, 15) is 13.6 Å². The van der Waals surface area contributed by atoms with Crippen LogP contribution in [0.1, 0.15) is 5.56 Å². The van der Waals surface area contributed by atoms with Gasteiger partial charge < -0.3 is 15.5 Å². The molecule has 3 rings (SSSR count). The van der Waals surface area contributed by atoms with Crippen LogP contribution in [0.4, 0.5) is 20.5 Å². The highest BCUT2D eigenvalue weighted by Crippen LogP contribution is 2.20. The molecule has 2 heterocycles. The molecular weight excluding hydrogens is 426 g/mol. The first-order chi connectivity index (χ1) is 15.8. The molecule has 1 aromatic carbocycles. The van der Waals surface area contributed by atoms with Gasteiger partial charge in [-0.1, -0.05) is 30.8 Å². The predicted molar refractivity (Wildman–Crippen MR) is 123 cm³/mol. The first kappa shape index (κ1) is 23.3. The average molecular weight is 448 g/mol. The molecule has 0 atom stereocenters. The van der Waals surface area contributed by atoms with Crippen LogP contribution in [-0.2, 0) is 11.2 Å². The van der Waals surface area contributed by atoms with Crippen molar-refractivity contribution < 1.29 is 13.6 Å². The molecule has 0 radical (unpaired) electrons. The second-order valence-electron chi connectivity index (χ2n) is 7.22. The van der Waals surface area contributed by atoms with Crippen molar-refractivity contribution in [3.05, 3.63) is 96.4 Å². The van der Waals surface area contributed by atoms with Crippen molar-refractivity contribution in [2.24, 2.45) is 0 Å². The molecule has 0 fully saturated rings.